The molecule has 10 nitrogen and oxygen atoms in total. The zero-order valence-corrected chi connectivity index (χ0v) is 19.1. The number of benzene rings is 2. The Morgan fingerprint density at radius 1 is 1.09 bits per heavy atom. The monoisotopic (exact) mass is 464 g/mol. The van der Waals surface area contributed by atoms with Crippen LogP contribution >= 0.6 is 0 Å². The van der Waals surface area contributed by atoms with E-state index in [2.05, 4.69) is 25.9 Å². The Morgan fingerprint density at radius 2 is 1.74 bits per heavy atom. The lowest BCUT2D eigenvalue weighted by molar-refractivity contribution is -0.123. The van der Waals surface area contributed by atoms with Crippen molar-refractivity contribution in [2.45, 2.75) is 39.2 Å². The summed E-state index contributed by atoms with van der Waals surface area (Å²) in [6, 6.07) is 13.0. The third kappa shape index (κ3) is 7.16. The van der Waals surface area contributed by atoms with Gasteiger partial charge in [-0.3, -0.25) is 14.9 Å². The molecule has 0 saturated carbocycles. The number of esters is 1. The Kier molecular flexibility index (Phi) is 8.33. The van der Waals surface area contributed by atoms with E-state index in [1.807, 2.05) is 38.1 Å². The summed E-state index contributed by atoms with van der Waals surface area (Å²) in [6.07, 6.45) is 1.57. The van der Waals surface area contributed by atoms with E-state index in [1.54, 1.807) is 24.3 Å². The molecule has 2 amide bonds. The first-order valence-electron chi connectivity index (χ1n) is 11.0. The number of carbonyl (C=O) groups is 3. The van der Waals surface area contributed by atoms with E-state index in [4.69, 9.17) is 10.5 Å². The van der Waals surface area contributed by atoms with Gasteiger partial charge in [-0.1, -0.05) is 31.0 Å². The molecule has 0 saturated heterocycles. The van der Waals surface area contributed by atoms with Gasteiger partial charge in [-0.25, -0.2) is 9.79 Å². The Hall–Kier alpha value is -4.21. The minimum absolute atomic E-state index is 0.0332. The van der Waals surface area contributed by atoms with E-state index in [1.165, 1.54) is 0 Å². The number of guanidine groups is 2. The second kappa shape index (κ2) is 11.6. The highest BCUT2D eigenvalue weighted by Crippen LogP contribution is 2.14. The standard InChI is InChI=1S/C24H28N6O4/c1-3-4-13-34-22(33)16-7-11-17(12-8-16)26-20(31)14-19-21(32)29-24(28-19)30-23(25)27-18-9-5-15(2)6-10-18/h5-12,19H,3-4,13-14H2,1-2H3,(H,26,31)(H4,25,27,28,29,30,32)/t19-/m1/s1. The number of rotatable bonds is 8. The summed E-state index contributed by atoms with van der Waals surface area (Å²) in [7, 11) is 0. The Morgan fingerprint density at radius 3 is 2.41 bits per heavy atom. The van der Waals surface area contributed by atoms with Crippen molar-refractivity contribution in [2.24, 2.45) is 15.7 Å². The van der Waals surface area contributed by atoms with Crippen molar-refractivity contribution in [3.63, 3.8) is 0 Å². The summed E-state index contributed by atoms with van der Waals surface area (Å²) in [5.74, 6) is -1.17. The molecule has 0 bridgehead atoms. The molecule has 0 aliphatic carbocycles. The molecule has 0 aromatic heterocycles. The Labute approximate surface area is 197 Å². The van der Waals surface area contributed by atoms with Gasteiger partial charge in [-0.05, 0) is 49.7 Å². The van der Waals surface area contributed by atoms with Crippen LogP contribution in [-0.2, 0) is 14.3 Å². The highest BCUT2D eigenvalue weighted by atomic mass is 16.5. The highest BCUT2D eigenvalue weighted by Gasteiger charge is 2.28. The molecule has 2 aromatic carbocycles. The van der Waals surface area contributed by atoms with E-state index in [9.17, 15) is 14.4 Å². The normalized spacial score (nSPS) is 15.4. The van der Waals surface area contributed by atoms with Crippen LogP contribution in [0.3, 0.4) is 0 Å². The van der Waals surface area contributed by atoms with Crippen LogP contribution in [0.15, 0.2) is 58.5 Å². The molecule has 1 aliphatic rings. The molecular formula is C24H28N6O4. The molecule has 0 fully saturated rings. The van der Waals surface area contributed by atoms with Crippen LogP contribution in [0.5, 0.6) is 0 Å². The zero-order chi connectivity index (χ0) is 24.5. The van der Waals surface area contributed by atoms with Crippen LogP contribution < -0.4 is 21.7 Å². The van der Waals surface area contributed by atoms with E-state index in [0.717, 1.165) is 24.1 Å². The quantitative estimate of drug-likeness (QED) is 0.204. The first-order valence-corrected chi connectivity index (χ1v) is 11.0. The number of nitrogens with two attached hydrogens (primary N) is 1. The van der Waals surface area contributed by atoms with Gasteiger partial charge in [0.15, 0.2) is 0 Å². The number of aryl methyl sites for hydroxylation is 1. The molecule has 5 N–H and O–H groups in total. The molecule has 34 heavy (non-hydrogen) atoms. The smallest absolute Gasteiger partial charge is 0.338 e. The van der Waals surface area contributed by atoms with Crippen LogP contribution in [0.4, 0.5) is 11.4 Å². The van der Waals surface area contributed by atoms with E-state index in [-0.39, 0.29) is 18.3 Å². The van der Waals surface area contributed by atoms with Crippen molar-refractivity contribution in [1.82, 2.24) is 5.32 Å². The van der Waals surface area contributed by atoms with Crippen LogP contribution in [0.25, 0.3) is 0 Å². The van der Waals surface area contributed by atoms with Gasteiger partial charge in [0.1, 0.15) is 6.04 Å². The number of unbranched alkanes of at least 4 members (excludes halogenated alkanes) is 1. The molecule has 2 aromatic rings. The summed E-state index contributed by atoms with van der Waals surface area (Å²) < 4.78 is 5.16. The van der Waals surface area contributed by atoms with Crippen molar-refractivity contribution in [3.05, 3.63) is 59.7 Å². The summed E-state index contributed by atoms with van der Waals surface area (Å²) in [5, 5.41) is 8.11. The largest absolute Gasteiger partial charge is 0.462 e. The van der Waals surface area contributed by atoms with Crippen molar-refractivity contribution in [2.75, 3.05) is 17.2 Å². The number of amides is 2. The fourth-order valence-corrected chi connectivity index (χ4v) is 3.02. The van der Waals surface area contributed by atoms with Gasteiger partial charge >= 0.3 is 5.97 Å². The third-order valence-corrected chi connectivity index (χ3v) is 4.88. The number of carbonyl (C=O) groups excluding carboxylic acids is 3. The first-order chi connectivity index (χ1) is 16.3. The van der Waals surface area contributed by atoms with E-state index >= 15 is 0 Å². The molecule has 1 atom stereocenters. The lowest BCUT2D eigenvalue weighted by Crippen LogP contribution is -2.32. The van der Waals surface area contributed by atoms with Gasteiger partial charge in [0.25, 0.3) is 5.91 Å². The second-order valence-corrected chi connectivity index (χ2v) is 7.76. The first kappa shape index (κ1) is 24.4. The summed E-state index contributed by atoms with van der Waals surface area (Å²) >= 11 is 0. The fraction of sp³-hybridized carbons (Fsp3) is 0.292. The topological polar surface area (TPSA) is 147 Å². The number of nitrogens with one attached hydrogen (secondary N) is 3. The van der Waals surface area contributed by atoms with Crippen molar-refractivity contribution >= 4 is 41.1 Å². The number of hydrogen-bond donors (Lipinski definition) is 4. The Bertz CT molecular complexity index is 1090. The lowest BCUT2D eigenvalue weighted by atomic mass is 10.2. The molecule has 178 valence electrons. The molecule has 0 unspecified atom stereocenters. The molecule has 3 rings (SSSR count). The van der Waals surface area contributed by atoms with Crippen LogP contribution in [0, 0.1) is 6.92 Å². The molecule has 10 heteroatoms. The van der Waals surface area contributed by atoms with Crippen LogP contribution in [-0.4, -0.2) is 42.4 Å². The zero-order valence-electron chi connectivity index (χ0n) is 19.1. The van der Waals surface area contributed by atoms with Crippen molar-refractivity contribution < 1.29 is 19.1 Å². The van der Waals surface area contributed by atoms with Crippen molar-refractivity contribution in [3.8, 4) is 0 Å². The molecule has 1 aliphatic heterocycles. The van der Waals surface area contributed by atoms with E-state index in [0.29, 0.717) is 17.9 Å². The van der Waals surface area contributed by atoms with Crippen LogP contribution in [0.2, 0.25) is 0 Å². The highest BCUT2D eigenvalue weighted by molar-refractivity contribution is 6.11. The van der Waals surface area contributed by atoms with Crippen molar-refractivity contribution in [1.29, 1.82) is 0 Å². The predicted molar refractivity (Wildman–Crippen MR) is 131 cm³/mol. The van der Waals surface area contributed by atoms with Gasteiger partial charge < -0.3 is 21.1 Å². The predicted octanol–water partition coefficient (Wildman–Crippen LogP) is 2.56. The van der Waals surface area contributed by atoms with Gasteiger partial charge in [-0.15, -0.1) is 0 Å². The molecule has 0 radical (unpaired) electrons. The minimum atomic E-state index is -0.918. The molecular weight excluding hydrogens is 436 g/mol. The lowest BCUT2D eigenvalue weighted by Gasteiger charge is -2.08. The summed E-state index contributed by atoms with van der Waals surface area (Å²) in [6.45, 7) is 4.36. The maximum Gasteiger partial charge on any atom is 0.338 e. The second-order valence-electron chi connectivity index (χ2n) is 7.76. The Balaban J connectivity index is 1.52. The molecule has 1 heterocycles. The van der Waals surface area contributed by atoms with Crippen LogP contribution in [0.1, 0.15) is 42.1 Å². The van der Waals surface area contributed by atoms with E-state index < -0.39 is 23.8 Å². The average molecular weight is 465 g/mol. The maximum atomic E-state index is 12.4. The maximum absolute atomic E-state index is 12.4. The minimum Gasteiger partial charge on any atom is -0.462 e. The average Bonchev–Trinajstić information content (AvgIpc) is 3.13. The van der Waals surface area contributed by atoms with Gasteiger partial charge in [0, 0.05) is 11.4 Å². The summed E-state index contributed by atoms with van der Waals surface area (Å²) in [4.78, 5) is 44.7. The number of ether oxygens (including phenoxy) is 1. The van der Waals surface area contributed by atoms with Gasteiger partial charge in [0.2, 0.25) is 17.8 Å². The number of nitrogens with zero attached hydrogens (tertiary/aromatic N) is 2. The number of aliphatic imine (C=N–C) groups is 2. The molecule has 0 spiro atoms. The number of anilines is 2. The van der Waals surface area contributed by atoms with Gasteiger partial charge in [0.05, 0.1) is 18.6 Å². The number of hydrogen-bond acceptors (Lipinski definition) is 6. The third-order valence-electron chi connectivity index (χ3n) is 4.88. The fourth-order valence-electron chi connectivity index (χ4n) is 3.02. The SMILES string of the molecule is CCCCOC(=O)c1ccc(NC(=O)C[C@H]2N=C(N=C(N)Nc3ccc(C)cc3)NC2=O)cc1. The van der Waals surface area contributed by atoms with Gasteiger partial charge in [-0.2, -0.15) is 4.99 Å². The summed E-state index contributed by atoms with van der Waals surface area (Å²) in [5.41, 5.74) is 8.61.